The van der Waals surface area contributed by atoms with Crippen LogP contribution in [0.15, 0.2) is 158 Å². The van der Waals surface area contributed by atoms with Crippen LogP contribution in [0, 0.1) is 6.92 Å². The van der Waals surface area contributed by atoms with Gasteiger partial charge in [-0.05, 0) is 164 Å². The predicted octanol–water partition coefficient (Wildman–Crippen LogP) is 17.1. The van der Waals surface area contributed by atoms with Gasteiger partial charge in [-0.1, -0.05) is 165 Å². The van der Waals surface area contributed by atoms with Crippen LogP contribution >= 0.6 is 11.3 Å². The molecule has 0 bridgehead atoms. The second-order valence-corrected chi connectivity index (χ2v) is 24.5. The van der Waals surface area contributed by atoms with Gasteiger partial charge in [0.1, 0.15) is 0 Å². The monoisotopic (exact) mass is 912 g/mol. The Balaban J connectivity index is 1.19. The topological polar surface area (TPSA) is 6.48 Å². The third kappa shape index (κ3) is 6.36. The lowest BCUT2D eigenvalue weighted by Gasteiger charge is -2.49. The fourth-order valence-electron chi connectivity index (χ4n) is 13.0. The Labute approximate surface area is 413 Å². The summed E-state index contributed by atoms with van der Waals surface area (Å²) in [5, 5.41) is 2.68. The van der Waals surface area contributed by atoms with Crippen molar-refractivity contribution in [2.45, 2.75) is 110 Å². The molecule has 2 aliphatic carbocycles. The average molecular weight is 913 g/mol. The largest absolute Gasteiger partial charge is 0.376 e. The van der Waals surface area contributed by atoms with E-state index in [4.69, 9.17) is 0 Å². The van der Waals surface area contributed by atoms with E-state index in [0.29, 0.717) is 0 Å². The van der Waals surface area contributed by atoms with Crippen LogP contribution in [0.4, 0.5) is 28.4 Å². The number of anilines is 5. The molecule has 4 aliphatic rings. The second-order valence-electron chi connectivity index (χ2n) is 23.5. The number of rotatable bonds is 4. The van der Waals surface area contributed by atoms with E-state index in [1.165, 1.54) is 140 Å². The molecule has 1 aromatic heterocycles. The van der Waals surface area contributed by atoms with Crippen molar-refractivity contribution in [3.05, 3.63) is 186 Å². The lowest BCUT2D eigenvalue weighted by molar-refractivity contribution is 0.332. The minimum Gasteiger partial charge on any atom is -0.376 e. The van der Waals surface area contributed by atoms with Crippen molar-refractivity contribution in [3.8, 4) is 33.4 Å². The highest BCUT2D eigenvalue weighted by Gasteiger charge is 2.49. The molecule has 0 unspecified atom stereocenters. The van der Waals surface area contributed by atoms with E-state index >= 15 is 0 Å². The van der Waals surface area contributed by atoms with E-state index in [1.807, 2.05) is 11.3 Å². The summed E-state index contributed by atoms with van der Waals surface area (Å²) in [5.74, 6) is 0. The summed E-state index contributed by atoms with van der Waals surface area (Å²) in [5.41, 5.74) is 24.3. The van der Waals surface area contributed by atoms with Crippen LogP contribution in [0.5, 0.6) is 0 Å². The highest BCUT2D eigenvalue weighted by molar-refractivity contribution is 7.26. The molecule has 0 amide bonds. The molecule has 0 spiro atoms. The van der Waals surface area contributed by atoms with Gasteiger partial charge < -0.3 is 9.71 Å². The first-order valence-electron chi connectivity index (χ1n) is 25.4. The Morgan fingerprint density at radius 2 is 0.971 bits per heavy atom. The maximum Gasteiger partial charge on any atom is 0.333 e. The van der Waals surface area contributed by atoms with Crippen molar-refractivity contribution >= 4 is 77.7 Å². The Kier molecular flexibility index (Phi) is 9.18. The third-order valence-electron chi connectivity index (χ3n) is 17.3. The van der Waals surface area contributed by atoms with Crippen molar-refractivity contribution < 1.29 is 0 Å². The molecule has 2 aliphatic heterocycles. The summed E-state index contributed by atoms with van der Waals surface area (Å²) in [4.78, 5) is 5.46. The van der Waals surface area contributed by atoms with Crippen molar-refractivity contribution in [1.29, 1.82) is 0 Å². The first-order valence-corrected chi connectivity index (χ1v) is 26.2. The number of fused-ring (bicyclic) bond motifs is 10. The van der Waals surface area contributed by atoms with E-state index in [0.717, 1.165) is 6.42 Å². The van der Waals surface area contributed by atoms with E-state index in [-0.39, 0.29) is 28.5 Å². The molecule has 2 nitrogen and oxygen atoms in total. The highest BCUT2D eigenvalue weighted by Crippen LogP contribution is 2.57. The molecule has 13 rings (SSSR count). The molecule has 0 N–H and O–H groups in total. The fourth-order valence-corrected chi connectivity index (χ4v) is 14.3. The molecular weight excluding hydrogens is 852 g/mol. The van der Waals surface area contributed by atoms with Gasteiger partial charge in [0.05, 0.1) is 0 Å². The van der Waals surface area contributed by atoms with Gasteiger partial charge in [0.2, 0.25) is 0 Å². The number of benzene rings is 8. The molecule has 0 fully saturated rings. The zero-order chi connectivity index (χ0) is 47.4. The van der Waals surface area contributed by atoms with Gasteiger partial charge in [0.25, 0.3) is 0 Å². The Bertz CT molecular complexity index is 3580. The van der Waals surface area contributed by atoms with Crippen molar-refractivity contribution in [2.24, 2.45) is 0 Å². The Morgan fingerprint density at radius 3 is 1.61 bits per heavy atom. The number of aryl methyl sites for hydroxylation is 1. The van der Waals surface area contributed by atoms with Crippen LogP contribution in [-0.4, -0.2) is 6.85 Å². The minimum absolute atomic E-state index is 0.0377. The fraction of sp³-hybridized carbons (Fsp3) is 0.262. The average Bonchev–Trinajstić information content (AvgIpc) is 3.73. The van der Waals surface area contributed by atoms with Crippen LogP contribution in [0.1, 0.15) is 109 Å². The first-order chi connectivity index (χ1) is 33.1. The first kappa shape index (κ1) is 42.7. The van der Waals surface area contributed by atoms with Gasteiger partial charge in [0, 0.05) is 59.7 Å². The molecule has 0 saturated carbocycles. The molecule has 0 atom stereocenters. The molecule has 340 valence electrons. The van der Waals surface area contributed by atoms with Crippen molar-refractivity contribution in [1.82, 2.24) is 0 Å². The summed E-state index contributed by atoms with van der Waals surface area (Å²) in [6.07, 6.45) is 4.69. The van der Waals surface area contributed by atoms with Gasteiger partial charge in [-0.15, -0.1) is 11.3 Å². The lowest BCUT2D eigenvalue weighted by atomic mass is 9.43. The summed E-state index contributed by atoms with van der Waals surface area (Å²) in [6, 6.07) is 60.9. The molecule has 0 saturated heterocycles. The van der Waals surface area contributed by atoms with Crippen LogP contribution in [0.3, 0.4) is 0 Å². The third-order valence-corrected chi connectivity index (χ3v) is 18.5. The molecule has 69 heavy (non-hydrogen) atoms. The predicted molar refractivity (Wildman–Crippen MR) is 299 cm³/mol. The van der Waals surface area contributed by atoms with Crippen LogP contribution in [0.25, 0.3) is 53.6 Å². The maximum absolute atomic E-state index is 2.75. The summed E-state index contributed by atoms with van der Waals surface area (Å²) in [7, 11) is 0. The molecule has 8 aromatic carbocycles. The second kappa shape index (κ2) is 14.8. The number of nitrogens with zero attached hydrogens (tertiary/aromatic N) is 2. The van der Waals surface area contributed by atoms with E-state index in [1.54, 1.807) is 0 Å². The van der Waals surface area contributed by atoms with Crippen LogP contribution < -0.4 is 20.6 Å². The summed E-state index contributed by atoms with van der Waals surface area (Å²) < 4.78 is 2.73. The minimum atomic E-state index is -0.0955. The van der Waals surface area contributed by atoms with E-state index in [9.17, 15) is 0 Å². The highest BCUT2D eigenvalue weighted by atomic mass is 32.1. The van der Waals surface area contributed by atoms with Crippen molar-refractivity contribution in [3.63, 3.8) is 0 Å². The van der Waals surface area contributed by atoms with Crippen LogP contribution in [-0.2, 0) is 21.7 Å². The normalized spacial score (nSPS) is 17.8. The maximum atomic E-state index is 2.75. The van der Waals surface area contributed by atoms with E-state index < -0.39 is 0 Å². The molecule has 9 aromatic rings. The zero-order valence-corrected chi connectivity index (χ0v) is 42.5. The van der Waals surface area contributed by atoms with Crippen molar-refractivity contribution in [2.75, 3.05) is 9.71 Å². The quantitative estimate of drug-likeness (QED) is 0.162. The number of hydrogen-bond donors (Lipinski definition) is 0. The molecule has 3 heterocycles. The molecule has 0 radical (unpaired) electrons. The van der Waals surface area contributed by atoms with Gasteiger partial charge in [-0.2, -0.15) is 0 Å². The summed E-state index contributed by atoms with van der Waals surface area (Å²) >= 11 is 1.98. The Hall–Kier alpha value is -6.36. The lowest BCUT2D eigenvalue weighted by Crippen LogP contribution is -2.61. The molecular formula is C65H61BN2S. The van der Waals surface area contributed by atoms with Gasteiger partial charge in [0.15, 0.2) is 0 Å². The summed E-state index contributed by atoms with van der Waals surface area (Å²) in [6.45, 7) is 22.1. The van der Waals surface area contributed by atoms with Crippen LogP contribution in [0.2, 0.25) is 0 Å². The van der Waals surface area contributed by atoms with Gasteiger partial charge in [-0.25, -0.2) is 0 Å². The SMILES string of the molecule is Cc1cc2c(cc1N1c3cc(-c4ccccc4)ccc3B3c4c1cc1c(sc5ccccc51)c4-c1cc4c(cc1N3c1ccc(-c3ccccc3)cc1)C(C)(C)CCC4(C)C)C(C)(C)CCC2(C)C. The zero-order valence-electron chi connectivity index (χ0n) is 41.7. The smallest absolute Gasteiger partial charge is 0.333 e. The van der Waals surface area contributed by atoms with E-state index in [2.05, 4.69) is 230 Å². The standard InChI is InChI=1S/C65H61BN2S/c1-40-34-49-51(64(6,7)32-30-62(49,2)3)38-54(40)67-56-35-44(42-20-14-11-15-21-42)26-29-53(56)66-60-57(67)37-47-46-22-16-17-23-58(46)69-61(47)59(60)48-36-50-52(65(8,9)33-31-63(50,4)5)39-55(48)68(66)45-27-24-43(25-28-45)41-18-12-10-13-19-41/h10-29,34-39H,30-33H2,1-9H3. The number of thiophene rings is 1. The molecule has 4 heteroatoms. The van der Waals surface area contributed by atoms with Gasteiger partial charge >= 0.3 is 6.85 Å². The Morgan fingerprint density at radius 1 is 0.449 bits per heavy atom. The van der Waals surface area contributed by atoms with Gasteiger partial charge in [-0.3, -0.25) is 0 Å². The number of hydrogen-bond acceptors (Lipinski definition) is 3.